The second kappa shape index (κ2) is 8.09. The normalized spacial score (nSPS) is 19.1. The zero-order valence-corrected chi connectivity index (χ0v) is 18.0. The van der Waals surface area contributed by atoms with E-state index < -0.39 is 0 Å². The Labute approximate surface area is 180 Å². The summed E-state index contributed by atoms with van der Waals surface area (Å²) in [5.74, 6) is 1.27. The summed E-state index contributed by atoms with van der Waals surface area (Å²) < 4.78 is 4.78. The topological polar surface area (TPSA) is 48.5 Å². The van der Waals surface area contributed by atoms with Crippen LogP contribution in [0.15, 0.2) is 18.2 Å². The molecule has 1 aromatic heterocycles. The van der Waals surface area contributed by atoms with Crippen molar-refractivity contribution in [1.82, 2.24) is 9.27 Å². The van der Waals surface area contributed by atoms with E-state index in [2.05, 4.69) is 33.3 Å². The average Bonchev–Trinajstić information content (AvgIpc) is 3.20. The number of nitrogens with zero attached hydrogens (tertiary/aromatic N) is 3. The van der Waals surface area contributed by atoms with Crippen molar-refractivity contribution >= 4 is 46.6 Å². The van der Waals surface area contributed by atoms with E-state index in [-0.39, 0.29) is 5.91 Å². The van der Waals surface area contributed by atoms with E-state index >= 15 is 0 Å². The van der Waals surface area contributed by atoms with Crippen molar-refractivity contribution in [2.24, 2.45) is 0 Å². The first kappa shape index (κ1) is 19.1. The number of benzene rings is 1. The highest BCUT2D eigenvalue weighted by molar-refractivity contribution is 7.07. The quantitative estimate of drug-likeness (QED) is 0.799. The van der Waals surface area contributed by atoms with Crippen LogP contribution in [0, 0.1) is 0 Å². The molecule has 3 heterocycles. The third kappa shape index (κ3) is 3.93. The van der Waals surface area contributed by atoms with Crippen LogP contribution < -0.4 is 10.2 Å². The Bertz CT molecular complexity index is 962. The number of carbonyl (C=O) groups excluding carboxylic acids is 1. The first-order valence-electron chi connectivity index (χ1n) is 10.4. The molecule has 2 aromatic rings. The molecule has 1 amide bonds. The van der Waals surface area contributed by atoms with Gasteiger partial charge in [0, 0.05) is 49.0 Å². The molecule has 5 rings (SSSR count). The number of amides is 1. The van der Waals surface area contributed by atoms with Gasteiger partial charge in [-0.05, 0) is 60.5 Å². The summed E-state index contributed by atoms with van der Waals surface area (Å²) in [5, 5.41) is 3.62. The smallest absolute Gasteiger partial charge is 0.228 e. The van der Waals surface area contributed by atoms with Gasteiger partial charge in [-0.3, -0.25) is 9.69 Å². The number of fused-ring (bicyclic) bond motifs is 2. The molecule has 1 N–H and O–H groups in total. The van der Waals surface area contributed by atoms with Gasteiger partial charge in [0.2, 0.25) is 5.91 Å². The molecular formula is C22H25ClN4OS. The lowest BCUT2D eigenvalue weighted by Crippen LogP contribution is -2.47. The van der Waals surface area contributed by atoms with Crippen LogP contribution in [0.2, 0.25) is 5.02 Å². The average molecular weight is 429 g/mol. The second-order valence-electron chi connectivity index (χ2n) is 8.05. The lowest BCUT2D eigenvalue weighted by molar-refractivity contribution is -0.115. The molecule has 1 fully saturated rings. The van der Waals surface area contributed by atoms with Crippen molar-refractivity contribution in [1.29, 1.82) is 0 Å². The molecule has 0 unspecified atom stereocenters. The SMILES string of the molecule is O=C1Cc2cc(CCN3CCN(c4nsc5c4CCCC=C5)CC3)c(Cl)cc2N1. The Morgan fingerprint density at radius 3 is 2.93 bits per heavy atom. The molecule has 152 valence electrons. The van der Waals surface area contributed by atoms with E-state index in [0.29, 0.717) is 6.42 Å². The number of piperazine rings is 1. The summed E-state index contributed by atoms with van der Waals surface area (Å²) in [6, 6.07) is 4.00. The monoisotopic (exact) mass is 428 g/mol. The first-order chi connectivity index (χ1) is 14.2. The standard InChI is InChI=1S/C22H25ClN4OS/c23-18-14-19-16(13-21(28)24-19)12-15(18)6-7-26-8-10-27(11-9-26)22-17-4-2-1-3-5-20(17)29-25-22/h3,5,12,14H,1-2,4,6-11,13H2,(H,24,28). The molecule has 0 bridgehead atoms. The highest BCUT2D eigenvalue weighted by atomic mass is 35.5. The Hall–Kier alpha value is -1.89. The number of rotatable bonds is 4. The van der Waals surface area contributed by atoms with Crippen molar-refractivity contribution in [3.8, 4) is 0 Å². The van der Waals surface area contributed by atoms with Crippen LogP contribution >= 0.6 is 23.1 Å². The van der Waals surface area contributed by atoms with Gasteiger partial charge in [0.1, 0.15) is 5.82 Å². The summed E-state index contributed by atoms with van der Waals surface area (Å²) in [6.07, 6.45) is 9.44. The molecular weight excluding hydrogens is 404 g/mol. The summed E-state index contributed by atoms with van der Waals surface area (Å²) in [4.78, 5) is 17.9. The maximum absolute atomic E-state index is 11.6. The fourth-order valence-corrected chi connectivity index (χ4v) is 5.60. The second-order valence-corrected chi connectivity index (χ2v) is 9.26. The number of aromatic nitrogens is 1. The Morgan fingerprint density at radius 2 is 2.07 bits per heavy atom. The highest BCUT2D eigenvalue weighted by Crippen LogP contribution is 2.33. The van der Waals surface area contributed by atoms with Crippen LogP contribution in [-0.4, -0.2) is 47.9 Å². The maximum Gasteiger partial charge on any atom is 0.228 e. The van der Waals surface area contributed by atoms with Gasteiger partial charge in [0.15, 0.2) is 0 Å². The van der Waals surface area contributed by atoms with Gasteiger partial charge in [-0.15, -0.1) is 0 Å². The number of allylic oxidation sites excluding steroid dienone is 1. The van der Waals surface area contributed by atoms with E-state index in [4.69, 9.17) is 16.0 Å². The minimum absolute atomic E-state index is 0.0553. The van der Waals surface area contributed by atoms with Gasteiger partial charge in [0.05, 0.1) is 11.3 Å². The molecule has 29 heavy (non-hydrogen) atoms. The van der Waals surface area contributed by atoms with E-state index in [1.807, 2.05) is 6.07 Å². The summed E-state index contributed by atoms with van der Waals surface area (Å²) in [5.41, 5.74) is 4.53. The number of nitrogens with one attached hydrogen (secondary N) is 1. The van der Waals surface area contributed by atoms with Gasteiger partial charge in [-0.2, -0.15) is 4.37 Å². The third-order valence-corrected chi connectivity index (χ3v) is 7.33. The zero-order chi connectivity index (χ0) is 19.8. The van der Waals surface area contributed by atoms with E-state index in [1.165, 1.54) is 29.1 Å². The molecule has 3 aliphatic rings. The molecule has 1 saturated heterocycles. The van der Waals surface area contributed by atoms with Gasteiger partial charge in [-0.25, -0.2) is 0 Å². The van der Waals surface area contributed by atoms with E-state index in [0.717, 1.165) is 67.4 Å². The van der Waals surface area contributed by atoms with Crippen molar-refractivity contribution in [2.75, 3.05) is 42.9 Å². The Balaban J connectivity index is 1.18. The molecule has 5 nitrogen and oxygen atoms in total. The molecule has 0 spiro atoms. The van der Waals surface area contributed by atoms with E-state index in [9.17, 15) is 4.79 Å². The Kier molecular flexibility index (Phi) is 5.33. The lowest BCUT2D eigenvalue weighted by atomic mass is 10.1. The first-order valence-corrected chi connectivity index (χ1v) is 11.6. The number of carbonyl (C=O) groups is 1. The molecule has 1 aliphatic carbocycles. The zero-order valence-electron chi connectivity index (χ0n) is 16.4. The van der Waals surface area contributed by atoms with Gasteiger partial charge >= 0.3 is 0 Å². The van der Waals surface area contributed by atoms with Crippen molar-refractivity contribution < 1.29 is 4.79 Å². The maximum atomic E-state index is 11.6. The lowest BCUT2D eigenvalue weighted by Gasteiger charge is -2.35. The van der Waals surface area contributed by atoms with Crippen LogP contribution in [0.25, 0.3) is 6.08 Å². The number of hydrogen-bond donors (Lipinski definition) is 1. The van der Waals surface area contributed by atoms with Crippen molar-refractivity contribution in [3.05, 3.63) is 44.8 Å². The molecule has 1 aromatic carbocycles. The minimum Gasteiger partial charge on any atom is -0.353 e. The summed E-state index contributed by atoms with van der Waals surface area (Å²) in [6.45, 7) is 5.13. The van der Waals surface area contributed by atoms with Crippen LogP contribution in [0.5, 0.6) is 0 Å². The van der Waals surface area contributed by atoms with Crippen LogP contribution in [0.1, 0.15) is 34.4 Å². The van der Waals surface area contributed by atoms with Gasteiger partial charge < -0.3 is 10.2 Å². The largest absolute Gasteiger partial charge is 0.353 e. The molecule has 0 saturated carbocycles. The fourth-order valence-electron chi connectivity index (χ4n) is 4.47. The number of halogens is 1. The van der Waals surface area contributed by atoms with Gasteiger partial charge in [-0.1, -0.05) is 23.7 Å². The molecule has 0 atom stereocenters. The number of anilines is 2. The predicted octanol–water partition coefficient (Wildman–Crippen LogP) is 4.01. The van der Waals surface area contributed by atoms with Crippen molar-refractivity contribution in [2.45, 2.75) is 32.1 Å². The minimum atomic E-state index is 0.0553. The van der Waals surface area contributed by atoms with Crippen molar-refractivity contribution in [3.63, 3.8) is 0 Å². The molecule has 0 radical (unpaired) electrons. The highest BCUT2D eigenvalue weighted by Gasteiger charge is 2.24. The Morgan fingerprint density at radius 1 is 1.21 bits per heavy atom. The van der Waals surface area contributed by atoms with Crippen LogP contribution in [0.4, 0.5) is 11.5 Å². The third-order valence-electron chi connectivity index (χ3n) is 6.13. The molecule has 7 heteroatoms. The predicted molar refractivity (Wildman–Crippen MR) is 120 cm³/mol. The van der Waals surface area contributed by atoms with E-state index in [1.54, 1.807) is 11.5 Å². The number of hydrogen-bond acceptors (Lipinski definition) is 5. The van der Waals surface area contributed by atoms with Crippen LogP contribution in [0.3, 0.4) is 0 Å². The summed E-state index contributed by atoms with van der Waals surface area (Å²) >= 11 is 8.10. The van der Waals surface area contributed by atoms with Gasteiger partial charge in [0.25, 0.3) is 0 Å². The molecule has 2 aliphatic heterocycles. The fraction of sp³-hybridized carbons (Fsp3) is 0.455. The van der Waals surface area contributed by atoms with Crippen LogP contribution in [-0.2, 0) is 24.1 Å². The summed E-state index contributed by atoms with van der Waals surface area (Å²) in [7, 11) is 0.